The Balaban J connectivity index is 2.03. The third kappa shape index (κ3) is 3.44. The topological polar surface area (TPSA) is 64.4 Å². The molecule has 0 saturated carbocycles. The van der Waals surface area contributed by atoms with Crippen molar-refractivity contribution in [2.75, 3.05) is 18.9 Å². The first-order valence-electron chi connectivity index (χ1n) is 5.60. The lowest BCUT2D eigenvalue weighted by atomic mass is 10.1. The summed E-state index contributed by atoms with van der Waals surface area (Å²) in [4.78, 5) is 12.0. The number of nitrogens with two attached hydrogens (primary N) is 1. The van der Waals surface area contributed by atoms with Crippen LogP contribution < -0.4 is 11.1 Å². The molecule has 2 rings (SSSR count). The zero-order valence-corrected chi connectivity index (χ0v) is 11.0. The Labute approximate surface area is 109 Å². The fourth-order valence-corrected chi connectivity index (χ4v) is 2.38. The summed E-state index contributed by atoms with van der Waals surface area (Å²) in [7, 11) is 0. The number of carbonyl (C=O) groups is 1. The summed E-state index contributed by atoms with van der Waals surface area (Å²) in [6, 6.07) is 5.30. The zero-order chi connectivity index (χ0) is 12.3. The van der Waals surface area contributed by atoms with Gasteiger partial charge in [0.1, 0.15) is 0 Å². The number of amides is 1. The summed E-state index contributed by atoms with van der Waals surface area (Å²) < 4.78 is 6.13. The monoisotopic (exact) mass is 298 g/mol. The molecule has 0 aromatic heterocycles. The van der Waals surface area contributed by atoms with Gasteiger partial charge in [-0.15, -0.1) is 0 Å². The van der Waals surface area contributed by atoms with Gasteiger partial charge in [-0.25, -0.2) is 0 Å². The van der Waals surface area contributed by atoms with E-state index in [1.54, 1.807) is 18.2 Å². The minimum Gasteiger partial charge on any atom is -0.399 e. The molecule has 1 aliphatic rings. The second-order valence-corrected chi connectivity index (χ2v) is 5.08. The predicted octanol–water partition coefficient (Wildman–Crippen LogP) is 1.94. The lowest BCUT2D eigenvalue weighted by Gasteiger charge is -2.23. The number of nitrogens with one attached hydrogen (secondary N) is 1. The lowest BCUT2D eigenvalue weighted by molar-refractivity contribution is 0.0624. The van der Waals surface area contributed by atoms with E-state index in [9.17, 15) is 4.79 Å². The van der Waals surface area contributed by atoms with Crippen LogP contribution in [-0.2, 0) is 4.74 Å². The summed E-state index contributed by atoms with van der Waals surface area (Å²) in [5.41, 5.74) is 6.84. The van der Waals surface area contributed by atoms with Crippen LogP contribution in [0.2, 0.25) is 0 Å². The van der Waals surface area contributed by atoms with E-state index >= 15 is 0 Å². The SMILES string of the molecule is Nc1cc(Br)cc(C(=O)NC2CCCOC2)c1. The average molecular weight is 299 g/mol. The van der Waals surface area contributed by atoms with Crippen molar-refractivity contribution in [1.29, 1.82) is 0 Å². The van der Waals surface area contributed by atoms with Crippen LogP contribution in [0.3, 0.4) is 0 Å². The van der Waals surface area contributed by atoms with Crippen LogP contribution >= 0.6 is 15.9 Å². The fourth-order valence-electron chi connectivity index (χ4n) is 1.87. The second kappa shape index (κ2) is 5.51. The van der Waals surface area contributed by atoms with Crippen LogP contribution in [0.15, 0.2) is 22.7 Å². The number of halogens is 1. The van der Waals surface area contributed by atoms with Crippen molar-refractivity contribution in [2.45, 2.75) is 18.9 Å². The Kier molecular flexibility index (Phi) is 4.02. The van der Waals surface area contributed by atoms with Crippen LogP contribution in [0.1, 0.15) is 23.2 Å². The molecule has 0 radical (unpaired) electrons. The fraction of sp³-hybridized carbons (Fsp3) is 0.417. The first kappa shape index (κ1) is 12.4. The molecule has 1 aromatic rings. The van der Waals surface area contributed by atoms with Crippen molar-refractivity contribution >= 4 is 27.5 Å². The minimum absolute atomic E-state index is 0.103. The summed E-state index contributed by atoms with van der Waals surface area (Å²) >= 11 is 3.32. The van der Waals surface area contributed by atoms with Crippen LogP contribution in [0.25, 0.3) is 0 Å². The molecule has 0 aliphatic carbocycles. The number of carbonyl (C=O) groups excluding carboxylic acids is 1. The summed E-state index contributed by atoms with van der Waals surface area (Å²) in [5, 5.41) is 2.95. The van der Waals surface area contributed by atoms with Crippen LogP contribution in [0, 0.1) is 0 Å². The highest BCUT2D eigenvalue weighted by Crippen LogP contribution is 2.17. The molecule has 1 fully saturated rings. The van der Waals surface area contributed by atoms with Crippen molar-refractivity contribution in [3.05, 3.63) is 28.2 Å². The summed E-state index contributed by atoms with van der Waals surface area (Å²) in [6.45, 7) is 1.38. The number of hydrogen-bond acceptors (Lipinski definition) is 3. The molecule has 4 nitrogen and oxygen atoms in total. The van der Waals surface area contributed by atoms with Crippen molar-refractivity contribution < 1.29 is 9.53 Å². The van der Waals surface area contributed by atoms with Gasteiger partial charge in [0.15, 0.2) is 0 Å². The first-order valence-corrected chi connectivity index (χ1v) is 6.39. The van der Waals surface area contributed by atoms with E-state index in [2.05, 4.69) is 21.2 Å². The van der Waals surface area contributed by atoms with E-state index < -0.39 is 0 Å². The van der Waals surface area contributed by atoms with Gasteiger partial charge in [0.25, 0.3) is 5.91 Å². The highest BCUT2D eigenvalue weighted by atomic mass is 79.9. The standard InChI is InChI=1S/C12H15BrN2O2/c13-9-4-8(5-10(14)6-9)12(16)15-11-2-1-3-17-7-11/h4-6,11H,1-3,7,14H2,(H,15,16). The van der Waals surface area contributed by atoms with Gasteiger partial charge in [-0.05, 0) is 31.0 Å². The molecule has 0 bridgehead atoms. The van der Waals surface area contributed by atoms with Gasteiger partial charge in [-0.3, -0.25) is 4.79 Å². The number of nitrogen functional groups attached to an aromatic ring is 1. The molecule has 1 unspecified atom stereocenters. The van der Waals surface area contributed by atoms with Gasteiger partial charge < -0.3 is 15.8 Å². The summed E-state index contributed by atoms with van der Waals surface area (Å²) in [6.07, 6.45) is 1.96. The maximum Gasteiger partial charge on any atom is 0.251 e. The van der Waals surface area contributed by atoms with Gasteiger partial charge in [0.2, 0.25) is 0 Å². The molecule has 1 amide bonds. The Morgan fingerprint density at radius 3 is 2.94 bits per heavy atom. The molecule has 5 heteroatoms. The molecule has 1 aliphatic heterocycles. The molecule has 3 N–H and O–H groups in total. The number of ether oxygens (including phenoxy) is 1. The lowest BCUT2D eigenvalue weighted by Crippen LogP contribution is -2.40. The third-order valence-corrected chi connectivity index (χ3v) is 3.14. The number of rotatable bonds is 2. The van der Waals surface area contributed by atoms with Crippen molar-refractivity contribution in [1.82, 2.24) is 5.32 Å². The van der Waals surface area contributed by atoms with Crippen molar-refractivity contribution in [3.63, 3.8) is 0 Å². The zero-order valence-electron chi connectivity index (χ0n) is 9.41. The van der Waals surface area contributed by atoms with Gasteiger partial charge in [-0.1, -0.05) is 15.9 Å². The number of anilines is 1. The van der Waals surface area contributed by atoms with Crippen LogP contribution in [0.4, 0.5) is 5.69 Å². The molecule has 1 saturated heterocycles. The Morgan fingerprint density at radius 2 is 2.29 bits per heavy atom. The van der Waals surface area contributed by atoms with Crippen molar-refractivity contribution in [2.24, 2.45) is 0 Å². The van der Waals surface area contributed by atoms with E-state index in [1.165, 1.54) is 0 Å². The molecule has 1 aromatic carbocycles. The van der Waals surface area contributed by atoms with E-state index in [1.807, 2.05) is 0 Å². The third-order valence-electron chi connectivity index (χ3n) is 2.68. The van der Waals surface area contributed by atoms with Crippen LogP contribution in [-0.4, -0.2) is 25.2 Å². The van der Waals surface area contributed by atoms with Gasteiger partial charge >= 0.3 is 0 Å². The van der Waals surface area contributed by atoms with Crippen LogP contribution in [0.5, 0.6) is 0 Å². The first-order chi connectivity index (χ1) is 8.15. The van der Waals surface area contributed by atoms with E-state index in [-0.39, 0.29) is 11.9 Å². The predicted molar refractivity (Wildman–Crippen MR) is 69.9 cm³/mol. The van der Waals surface area contributed by atoms with Gasteiger partial charge in [0.05, 0.1) is 12.6 Å². The average Bonchev–Trinajstić information content (AvgIpc) is 2.29. The number of hydrogen-bond donors (Lipinski definition) is 2. The normalized spacial score (nSPS) is 19.9. The van der Waals surface area contributed by atoms with Crippen molar-refractivity contribution in [3.8, 4) is 0 Å². The smallest absolute Gasteiger partial charge is 0.251 e. The molecule has 17 heavy (non-hydrogen) atoms. The number of benzene rings is 1. The highest BCUT2D eigenvalue weighted by Gasteiger charge is 2.17. The molecule has 1 heterocycles. The molecular formula is C12H15BrN2O2. The second-order valence-electron chi connectivity index (χ2n) is 4.16. The molecule has 92 valence electrons. The molecule has 1 atom stereocenters. The van der Waals surface area contributed by atoms with E-state index in [0.717, 1.165) is 23.9 Å². The maximum absolute atomic E-state index is 12.0. The van der Waals surface area contributed by atoms with Gasteiger partial charge in [0, 0.05) is 22.3 Å². The Bertz CT molecular complexity index is 397. The Hall–Kier alpha value is -1.07. The Morgan fingerprint density at radius 1 is 1.47 bits per heavy atom. The van der Waals surface area contributed by atoms with E-state index in [4.69, 9.17) is 10.5 Å². The molecule has 0 spiro atoms. The maximum atomic E-state index is 12.0. The quantitative estimate of drug-likeness (QED) is 0.820. The van der Waals surface area contributed by atoms with E-state index in [0.29, 0.717) is 17.9 Å². The molecular weight excluding hydrogens is 284 g/mol. The summed E-state index contributed by atoms with van der Waals surface area (Å²) in [5.74, 6) is -0.103. The minimum atomic E-state index is -0.103. The highest BCUT2D eigenvalue weighted by molar-refractivity contribution is 9.10. The van der Waals surface area contributed by atoms with Gasteiger partial charge in [-0.2, -0.15) is 0 Å². The largest absolute Gasteiger partial charge is 0.399 e.